The van der Waals surface area contributed by atoms with Crippen LogP contribution in [0.1, 0.15) is 21.7 Å². The Bertz CT molecular complexity index is 625. The maximum Gasteiger partial charge on any atom is 0.210 e. The summed E-state index contributed by atoms with van der Waals surface area (Å²) in [5.74, 6) is -0.184. The van der Waals surface area contributed by atoms with Crippen LogP contribution in [0.5, 0.6) is 0 Å². The largest absolute Gasteiger partial charge is 0.354 e. The number of benzene rings is 1. The van der Waals surface area contributed by atoms with Gasteiger partial charge in [0.05, 0.1) is 17.5 Å². The van der Waals surface area contributed by atoms with Crippen molar-refractivity contribution in [3.05, 3.63) is 56.8 Å². The van der Waals surface area contributed by atoms with Crippen LogP contribution in [0.3, 0.4) is 0 Å². The number of nitriles is 1. The maximum absolute atomic E-state index is 12.2. The van der Waals surface area contributed by atoms with Gasteiger partial charge in [-0.3, -0.25) is 4.79 Å². The molecule has 0 atom stereocenters. The number of aromatic nitrogens is 1. The van der Waals surface area contributed by atoms with E-state index in [2.05, 4.69) is 20.9 Å². The highest BCUT2D eigenvalue weighted by Crippen LogP contribution is 2.21. The van der Waals surface area contributed by atoms with Crippen LogP contribution < -0.4 is 0 Å². The summed E-state index contributed by atoms with van der Waals surface area (Å²) in [7, 11) is 0. The van der Waals surface area contributed by atoms with Gasteiger partial charge in [-0.25, -0.2) is 0 Å². The maximum atomic E-state index is 12.2. The summed E-state index contributed by atoms with van der Waals surface area (Å²) in [6.07, 6.45) is 0.202. The first-order valence-corrected chi connectivity index (χ1v) is 6.33. The minimum Gasteiger partial charge on any atom is -0.354 e. The topological polar surface area (TPSA) is 56.6 Å². The molecule has 3 nitrogen and oxygen atoms in total. The van der Waals surface area contributed by atoms with Crippen molar-refractivity contribution in [2.24, 2.45) is 0 Å². The molecule has 0 bridgehead atoms. The first-order valence-electron chi connectivity index (χ1n) is 5.16. The van der Waals surface area contributed by atoms with Gasteiger partial charge in [0.2, 0.25) is 5.78 Å². The molecule has 1 aromatic heterocycles. The van der Waals surface area contributed by atoms with Crippen LogP contribution in [0, 0.1) is 11.3 Å². The summed E-state index contributed by atoms with van der Waals surface area (Å²) in [5, 5.41) is 8.94. The van der Waals surface area contributed by atoms with Gasteiger partial charge in [-0.15, -0.1) is 0 Å². The van der Waals surface area contributed by atoms with E-state index in [-0.39, 0.29) is 12.2 Å². The van der Waals surface area contributed by atoms with E-state index >= 15 is 0 Å². The Morgan fingerprint density at radius 3 is 2.67 bits per heavy atom. The number of carbonyl (C=O) groups excluding carboxylic acids is 1. The number of carbonyl (C=O) groups is 1. The molecule has 1 heterocycles. The zero-order valence-corrected chi connectivity index (χ0v) is 11.5. The van der Waals surface area contributed by atoms with Gasteiger partial charge in [0.1, 0.15) is 5.69 Å². The second-order valence-electron chi connectivity index (χ2n) is 3.69. The minimum atomic E-state index is -0.184. The molecule has 0 aliphatic rings. The van der Waals surface area contributed by atoms with Gasteiger partial charge in [0.15, 0.2) is 0 Å². The highest BCUT2D eigenvalue weighted by atomic mass is 79.9. The third-order valence-corrected chi connectivity index (χ3v) is 3.26. The van der Waals surface area contributed by atoms with Crippen molar-refractivity contribution >= 4 is 33.3 Å². The number of ketones is 1. The Morgan fingerprint density at radius 1 is 1.39 bits per heavy atom. The summed E-state index contributed by atoms with van der Waals surface area (Å²) in [6, 6.07) is 10.6. The van der Waals surface area contributed by atoms with Crippen LogP contribution in [0.15, 0.2) is 34.8 Å². The van der Waals surface area contributed by atoms with E-state index in [0.717, 1.165) is 4.47 Å². The molecule has 0 radical (unpaired) electrons. The molecule has 2 aromatic rings. The third kappa shape index (κ3) is 2.63. The molecule has 0 saturated heterocycles. The van der Waals surface area contributed by atoms with Gasteiger partial charge in [-0.1, -0.05) is 27.5 Å². The van der Waals surface area contributed by atoms with Crippen LogP contribution in [0.4, 0.5) is 0 Å². The fourth-order valence-corrected chi connectivity index (χ4v) is 2.10. The van der Waals surface area contributed by atoms with Gasteiger partial charge >= 0.3 is 0 Å². The lowest BCUT2D eigenvalue weighted by Crippen LogP contribution is -2.02. The molecule has 2 rings (SSSR count). The summed E-state index contributed by atoms with van der Waals surface area (Å²) < 4.78 is 0.904. The van der Waals surface area contributed by atoms with E-state index in [0.29, 0.717) is 22.0 Å². The Labute approximate surface area is 118 Å². The Kier molecular flexibility index (Phi) is 3.85. The van der Waals surface area contributed by atoms with Crippen molar-refractivity contribution in [3.63, 3.8) is 0 Å². The van der Waals surface area contributed by atoms with Gasteiger partial charge in [-0.05, 0) is 30.3 Å². The zero-order valence-electron chi connectivity index (χ0n) is 9.21. The fraction of sp³-hybridized carbons (Fsp3) is 0.0769. The SMILES string of the molecule is N#CCc1cc(Cl)c(C(=O)c2ccc(Br)cc2)[nH]1. The molecule has 1 aromatic carbocycles. The van der Waals surface area contributed by atoms with Gasteiger partial charge < -0.3 is 4.98 Å². The molecule has 5 heteroatoms. The monoisotopic (exact) mass is 322 g/mol. The molecule has 90 valence electrons. The average molecular weight is 324 g/mol. The Balaban J connectivity index is 2.34. The molecular formula is C13H8BrClN2O. The second kappa shape index (κ2) is 5.38. The lowest BCUT2D eigenvalue weighted by atomic mass is 10.1. The zero-order chi connectivity index (χ0) is 13.1. The fourth-order valence-electron chi connectivity index (χ4n) is 1.57. The lowest BCUT2D eigenvalue weighted by molar-refractivity contribution is 0.103. The van der Waals surface area contributed by atoms with Crippen LogP contribution in [-0.4, -0.2) is 10.8 Å². The van der Waals surface area contributed by atoms with Gasteiger partial charge in [0, 0.05) is 15.7 Å². The predicted octanol–water partition coefficient (Wildman–Crippen LogP) is 3.73. The van der Waals surface area contributed by atoms with E-state index in [1.54, 1.807) is 30.3 Å². The smallest absolute Gasteiger partial charge is 0.210 e. The first kappa shape index (κ1) is 12.9. The van der Waals surface area contributed by atoms with E-state index in [1.807, 2.05) is 6.07 Å². The summed E-state index contributed by atoms with van der Waals surface area (Å²) in [6.45, 7) is 0. The molecule has 0 amide bonds. The predicted molar refractivity (Wildman–Crippen MR) is 72.7 cm³/mol. The molecule has 0 spiro atoms. The highest BCUT2D eigenvalue weighted by Gasteiger charge is 2.15. The normalized spacial score (nSPS) is 10.1. The Hall–Kier alpha value is -1.57. The molecule has 0 fully saturated rings. The first-order chi connectivity index (χ1) is 8.61. The molecule has 0 aliphatic heterocycles. The standard InChI is InChI=1S/C13H8BrClN2O/c14-9-3-1-8(2-4-9)13(18)12-11(15)7-10(17-12)5-6-16/h1-4,7,17H,5H2. The number of nitrogens with one attached hydrogen (secondary N) is 1. The third-order valence-electron chi connectivity index (χ3n) is 2.43. The quantitative estimate of drug-likeness (QED) is 0.875. The number of halogens is 2. The van der Waals surface area contributed by atoms with Crippen molar-refractivity contribution in [2.75, 3.05) is 0 Å². The van der Waals surface area contributed by atoms with Crippen LogP contribution in [-0.2, 0) is 6.42 Å². The second-order valence-corrected chi connectivity index (χ2v) is 5.01. The van der Waals surface area contributed by atoms with Crippen LogP contribution in [0.25, 0.3) is 0 Å². The van der Waals surface area contributed by atoms with E-state index in [1.165, 1.54) is 0 Å². The average Bonchev–Trinajstić information content (AvgIpc) is 2.71. The minimum absolute atomic E-state index is 0.184. The number of aromatic amines is 1. The summed E-state index contributed by atoms with van der Waals surface area (Å²) >= 11 is 9.29. The van der Waals surface area contributed by atoms with Crippen molar-refractivity contribution in [2.45, 2.75) is 6.42 Å². The number of hydrogen-bond donors (Lipinski definition) is 1. The molecule has 0 saturated carbocycles. The van der Waals surface area contributed by atoms with Crippen molar-refractivity contribution in [1.29, 1.82) is 5.26 Å². The molecular weight excluding hydrogens is 316 g/mol. The van der Waals surface area contributed by atoms with Crippen molar-refractivity contribution in [1.82, 2.24) is 4.98 Å². The highest BCUT2D eigenvalue weighted by molar-refractivity contribution is 9.10. The number of nitrogens with zero attached hydrogens (tertiary/aromatic N) is 1. The number of hydrogen-bond acceptors (Lipinski definition) is 2. The van der Waals surface area contributed by atoms with E-state index < -0.39 is 0 Å². The van der Waals surface area contributed by atoms with Crippen molar-refractivity contribution < 1.29 is 4.79 Å². The van der Waals surface area contributed by atoms with Crippen LogP contribution >= 0.6 is 27.5 Å². The van der Waals surface area contributed by atoms with Crippen molar-refractivity contribution in [3.8, 4) is 6.07 Å². The molecule has 0 aliphatic carbocycles. The van der Waals surface area contributed by atoms with E-state index in [9.17, 15) is 4.79 Å². The molecule has 1 N–H and O–H groups in total. The van der Waals surface area contributed by atoms with E-state index in [4.69, 9.17) is 16.9 Å². The lowest BCUT2D eigenvalue weighted by Gasteiger charge is -1.99. The summed E-state index contributed by atoms with van der Waals surface area (Å²) in [4.78, 5) is 15.1. The van der Waals surface area contributed by atoms with Gasteiger partial charge in [-0.2, -0.15) is 5.26 Å². The van der Waals surface area contributed by atoms with Crippen LogP contribution in [0.2, 0.25) is 5.02 Å². The summed E-state index contributed by atoms with van der Waals surface area (Å²) in [5.41, 5.74) is 1.51. The number of rotatable bonds is 3. The Morgan fingerprint density at radius 2 is 2.06 bits per heavy atom. The molecule has 0 unspecified atom stereocenters. The van der Waals surface area contributed by atoms with Gasteiger partial charge in [0.25, 0.3) is 0 Å². The molecule has 18 heavy (non-hydrogen) atoms. The number of H-pyrrole nitrogens is 1.